The molecule has 0 bridgehead atoms. The number of hydrogen-bond donors (Lipinski definition) is 1. The molecule has 2 aromatic heterocycles. The molecule has 74 valence electrons. The van der Waals surface area contributed by atoms with Crippen LogP contribution in [0.25, 0.3) is 0 Å². The fourth-order valence-electron chi connectivity index (χ4n) is 1.14. The number of nitrogens with one attached hydrogen (secondary N) is 1. The first-order chi connectivity index (χ1) is 6.77. The zero-order valence-electron chi connectivity index (χ0n) is 7.70. The second-order valence-electron chi connectivity index (χ2n) is 2.91. The molecular formula is C9H10BrN3S. The van der Waals surface area contributed by atoms with Gasteiger partial charge in [-0.05, 0) is 27.4 Å². The van der Waals surface area contributed by atoms with Gasteiger partial charge in [0.2, 0.25) is 0 Å². The molecule has 3 nitrogen and oxygen atoms in total. The molecule has 0 fully saturated rings. The molecule has 0 atom stereocenters. The van der Waals surface area contributed by atoms with Gasteiger partial charge in [0.25, 0.3) is 0 Å². The Kier molecular flexibility index (Phi) is 2.88. The molecule has 5 heteroatoms. The van der Waals surface area contributed by atoms with Crippen LogP contribution in [0.2, 0.25) is 0 Å². The van der Waals surface area contributed by atoms with E-state index in [0.29, 0.717) is 0 Å². The highest BCUT2D eigenvalue weighted by Gasteiger charge is 2.04. The molecule has 2 aromatic rings. The van der Waals surface area contributed by atoms with Gasteiger partial charge in [0.05, 0.1) is 11.9 Å². The summed E-state index contributed by atoms with van der Waals surface area (Å²) in [5, 5.41) is 9.52. The Morgan fingerprint density at radius 1 is 1.64 bits per heavy atom. The van der Waals surface area contributed by atoms with Crippen LogP contribution in [-0.4, -0.2) is 9.78 Å². The van der Waals surface area contributed by atoms with Crippen LogP contribution in [0.15, 0.2) is 28.3 Å². The molecule has 0 saturated heterocycles. The average Bonchev–Trinajstić information content (AvgIpc) is 2.77. The van der Waals surface area contributed by atoms with E-state index in [-0.39, 0.29) is 0 Å². The molecule has 1 N–H and O–H groups in total. The van der Waals surface area contributed by atoms with Crippen LogP contribution in [0.1, 0.15) is 4.88 Å². The molecule has 0 aliphatic carbocycles. The van der Waals surface area contributed by atoms with E-state index < -0.39 is 0 Å². The van der Waals surface area contributed by atoms with Gasteiger partial charge in [-0.1, -0.05) is 6.07 Å². The maximum Gasteiger partial charge on any atom is 0.126 e. The predicted molar refractivity (Wildman–Crippen MR) is 62.6 cm³/mol. The van der Waals surface area contributed by atoms with Crippen LogP contribution in [0.4, 0.5) is 5.69 Å². The van der Waals surface area contributed by atoms with Gasteiger partial charge in [-0.2, -0.15) is 5.10 Å². The van der Waals surface area contributed by atoms with Crippen LogP contribution < -0.4 is 5.32 Å². The standard InChI is InChI=1S/C9H10BrN3S/c1-13-9(10)8(6-12-13)11-5-7-3-2-4-14-7/h2-4,6,11H,5H2,1H3. The van der Waals surface area contributed by atoms with E-state index in [9.17, 15) is 0 Å². The number of aryl methyl sites for hydroxylation is 1. The van der Waals surface area contributed by atoms with Crippen molar-refractivity contribution in [3.8, 4) is 0 Å². The molecule has 2 rings (SSSR count). The lowest BCUT2D eigenvalue weighted by molar-refractivity contribution is 0.750. The normalized spacial score (nSPS) is 10.4. The number of anilines is 1. The highest BCUT2D eigenvalue weighted by molar-refractivity contribution is 9.10. The van der Waals surface area contributed by atoms with E-state index in [2.05, 4.69) is 43.9 Å². The molecule has 14 heavy (non-hydrogen) atoms. The highest BCUT2D eigenvalue weighted by atomic mass is 79.9. The summed E-state index contributed by atoms with van der Waals surface area (Å²) in [7, 11) is 1.90. The number of nitrogens with zero attached hydrogens (tertiary/aromatic N) is 2. The van der Waals surface area contributed by atoms with Crippen molar-refractivity contribution >= 4 is 33.0 Å². The number of aromatic nitrogens is 2. The molecule has 2 heterocycles. The molecule has 0 saturated carbocycles. The molecule has 0 aromatic carbocycles. The van der Waals surface area contributed by atoms with E-state index in [0.717, 1.165) is 16.8 Å². The third-order valence-electron chi connectivity index (χ3n) is 1.90. The van der Waals surface area contributed by atoms with Crippen molar-refractivity contribution in [2.75, 3.05) is 5.32 Å². The van der Waals surface area contributed by atoms with Crippen molar-refractivity contribution in [3.05, 3.63) is 33.2 Å². The van der Waals surface area contributed by atoms with E-state index >= 15 is 0 Å². The summed E-state index contributed by atoms with van der Waals surface area (Å²) < 4.78 is 2.77. The second kappa shape index (κ2) is 4.14. The van der Waals surface area contributed by atoms with Crippen molar-refractivity contribution < 1.29 is 0 Å². The monoisotopic (exact) mass is 271 g/mol. The van der Waals surface area contributed by atoms with Crippen molar-refractivity contribution in [1.82, 2.24) is 9.78 Å². The van der Waals surface area contributed by atoms with Gasteiger partial charge in [-0.25, -0.2) is 0 Å². The van der Waals surface area contributed by atoms with Gasteiger partial charge in [0, 0.05) is 18.5 Å². The largest absolute Gasteiger partial charge is 0.377 e. The lowest BCUT2D eigenvalue weighted by Crippen LogP contribution is -1.97. The van der Waals surface area contributed by atoms with Crippen molar-refractivity contribution in [1.29, 1.82) is 0 Å². The summed E-state index contributed by atoms with van der Waals surface area (Å²) in [4.78, 5) is 1.32. The Bertz CT molecular complexity index is 408. The van der Waals surface area contributed by atoms with E-state index in [4.69, 9.17) is 0 Å². The Labute approximate surface area is 94.9 Å². The molecule has 0 amide bonds. The summed E-state index contributed by atoms with van der Waals surface area (Å²) in [6.45, 7) is 0.849. The van der Waals surface area contributed by atoms with E-state index in [1.807, 2.05) is 13.2 Å². The van der Waals surface area contributed by atoms with Crippen LogP contribution in [-0.2, 0) is 13.6 Å². The van der Waals surface area contributed by atoms with Crippen LogP contribution in [0, 0.1) is 0 Å². The Morgan fingerprint density at radius 3 is 3.07 bits per heavy atom. The van der Waals surface area contributed by atoms with E-state index in [1.54, 1.807) is 16.0 Å². The average molecular weight is 272 g/mol. The number of thiophene rings is 1. The lowest BCUT2D eigenvalue weighted by Gasteiger charge is -2.01. The molecule has 0 aliphatic rings. The summed E-state index contributed by atoms with van der Waals surface area (Å²) in [6, 6.07) is 4.17. The molecule has 0 unspecified atom stereocenters. The fourth-order valence-corrected chi connectivity index (χ4v) is 2.12. The van der Waals surface area contributed by atoms with Crippen LogP contribution in [0.3, 0.4) is 0 Å². The minimum absolute atomic E-state index is 0.849. The zero-order valence-corrected chi connectivity index (χ0v) is 10.1. The third-order valence-corrected chi connectivity index (χ3v) is 3.72. The number of hydrogen-bond acceptors (Lipinski definition) is 3. The number of halogens is 1. The number of rotatable bonds is 3. The van der Waals surface area contributed by atoms with Crippen molar-refractivity contribution in [2.45, 2.75) is 6.54 Å². The van der Waals surface area contributed by atoms with Crippen LogP contribution in [0.5, 0.6) is 0 Å². The van der Waals surface area contributed by atoms with Crippen molar-refractivity contribution in [3.63, 3.8) is 0 Å². The maximum absolute atomic E-state index is 4.13. The lowest BCUT2D eigenvalue weighted by atomic mass is 10.4. The van der Waals surface area contributed by atoms with E-state index in [1.165, 1.54) is 4.88 Å². The van der Waals surface area contributed by atoms with Crippen molar-refractivity contribution in [2.24, 2.45) is 7.05 Å². The van der Waals surface area contributed by atoms with Gasteiger partial charge in [-0.3, -0.25) is 4.68 Å². The molecular weight excluding hydrogens is 262 g/mol. The molecule has 0 radical (unpaired) electrons. The first-order valence-corrected chi connectivity index (χ1v) is 5.88. The van der Waals surface area contributed by atoms with Gasteiger partial charge in [0.1, 0.15) is 4.60 Å². The third kappa shape index (κ3) is 1.99. The fraction of sp³-hybridized carbons (Fsp3) is 0.222. The Morgan fingerprint density at radius 2 is 2.50 bits per heavy atom. The maximum atomic E-state index is 4.13. The first-order valence-electron chi connectivity index (χ1n) is 4.21. The summed E-state index contributed by atoms with van der Waals surface area (Å²) in [5.41, 5.74) is 1.03. The zero-order chi connectivity index (χ0) is 9.97. The van der Waals surface area contributed by atoms with Gasteiger partial charge in [0.15, 0.2) is 0 Å². The minimum atomic E-state index is 0.849. The van der Waals surface area contributed by atoms with Gasteiger partial charge in [-0.15, -0.1) is 11.3 Å². The SMILES string of the molecule is Cn1ncc(NCc2cccs2)c1Br. The topological polar surface area (TPSA) is 29.9 Å². The summed E-state index contributed by atoms with van der Waals surface area (Å²) in [5.74, 6) is 0. The Balaban J connectivity index is 2.02. The van der Waals surface area contributed by atoms with Gasteiger partial charge >= 0.3 is 0 Å². The van der Waals surface area contributed by atoms with Gasteiger partial charge < -0.3 is 5.32 Å². The molecule has 0 aliphatic heterocycles. The summed E-state index contributed by atoms with van der Waals surface area (Å²) >= 11 is 5.21. The minimum Gasteiger partial charge on any atom is -0.377 e. The first kappa shape index (κ1) is 9.73. The highest BCUT2D eigenvalue weighted by Crippen LogP contribution is 2.21. The molecule has 0 spiro atoms. The van der Waals surface area contributed by atoms with Crippen LogP contribution >= 0.6 is 27.3 Å². The summed E-state index contributed by atoms with van der Waals surface area (Å²) in [6.07, 6.45) is 1.82. The quantitative estimate of drug-likeness (QED) is 0.931. The second-order valence-corrected chi connectivity index (χ2v) is 4.69. The predicted octanol–water partition coefficient (Wildman–Crippen LogP) is 2.86. The Hall–Kier alpha value is -0.810. The smallest absolute Gasteiger partial charge is 0.126 e.